The first kappa shape index (κ1) is 39.9. The number of halogens is 4. The van der Waals surface area contributed by atoms with Gasteiger partial charge in [0.1, 0.15) is 15.0 Å². The fourth-order valence-electron chi connectivity index (χ4n) is 9.16. The molecule has 0 radical (unpaired) electrons. The number of hydrogen-bond donors (Lipinski definition) is 0. The smallest absolute Gasteiger partial charge is 0.345 e. The predicted molar refractivity (Wildman–Crippen MR) is 247 cm³/mol. The van der Waals surface area contributed by atoms with Crippen LogP contribution < -0.4 is 4.74 Å². The first-order valence-electron chi connectivity index (χ1n) is 20.4. The van der Waals surface area contributed by atoms with Gasteiger partial charge in [-0.3, -0.25) is 0 Å². The molecule has 0 fully saturated rings. The zero-order valence-corrected chi connectivity index (χ0v) is 34.5. The molecule has 0 aliphatic carbocycles. The standard InChI is InChI=1S/C55H30F4O5S/c56-49-51(58)54(65(61,62)63)52(59)50(57)53(49)64-55(60)48-46(35-23-24-41-34(25-35)21-19-30-9-1-4-12-38(30)41)28-37(45-26-33-11-3-6-14-40(33)42-15-7-8-16-43(42)45)29-47(48)36-22-20-32-18-17-31-10-2-5-13-39(31)44(32)27-36/h1-29H,(H,61,62,63)/p-1. The second-order valence-electron chi connectivity index (χ2n) is 15.8. The lowest BCUT2D eigenvalue weighted by Gasteiger charge is -2.20. The van der Waals surface area contributed by atoms with E-state index < -0.39 is 50.0 Å². The fraction of sp³-hybridized carbons (Fsp3) is 0. The van der Waals surface area contributed by atoms with Gasteiger partial charge in [-0.05, 0) is 128 Å². The molecule has 11 aromatic rings. The molecule has 11 rings (SSSR count). The van der Waals surface area contributed by atoms with Gasteiger partial charge in [-0.15, -0.1) is 0 Å². The molecule has 0 amide bonds. The Kier molecular flexibility index (Phi) is 9.28. The Balaban J connectivity index is 1.24. The van der Waals surface area contributed by atoms with Crippen LogP contribution in [0, 0.1) is 23.3 Å². The van der Waals surface area contributed by atoms with Gasteiger partial charge in [0.15, 0.2) is 11.6 Å². The Bertz CT molecular complexity index is 3950. The third-order valence-corrected chi connectivity index (χ3v) is 13.0. The van der Waals surface area contributed by atoms with Crippen LogP contribution in [0.5, 0.6) is 5.75 Å². The lowest BCUT2D eigenvalue weighted by atomic mass is 9.85. The number of esters is 1. The van der Waals surface area contributed by atoms with E-state index in [-0.39, 0.29) is 16.7 Å². The average molecular weight is 878 g/mol. The average Bonchev–Trinajstić information content (AvgIpc) is 3.33. The molecule has 0 saturated carbocycles. The Morgan fingerprint density at radius 1 is 0.400 bits per heavy atom. The number of hydrogen-bond acceptors (Lipinski definition) is 5. The summed E-state index contributed by atoms with van der Waals surface area (Å²) in [5, 5.41) is 11.1. The van der Waals surface area contributed by atoms with Gasteiger partial charge in [0.25, 0.3) is 0 Å². The number of ether oxygens (including phenoxy) is 1. The first-order chi connectivity index (χ1) is 31.4. The molecule has 0 spiro atoms. The van der Waals surface area contributed by atoms with E-state index in [1.807, 2.05) is 152 Å². The SMILES string of the molecule is O=C(Oc1c(F)c(F)c(S(=O)(=O)[O-])c(F)c1F)c1c(-c2ccc3c(ccc4ccccc43)c2)cc(-c2cc3ccccc3c3ccccc23)cc1-c1ccc2ccc3ccccc3c2c1. The summed E-state index contributed by atoms with van der Waals surface area (Å²) < 4.78 is 102. The van der Waals surface area contributed by atoms with Gasteiger partial charge in [-0.1, -0.05) is 146 Å². The first-order valence-corrected chi connectivity index (χ1v) is 21.8. The topological polar surface area (TPSA) is 83.5 Å². The van der Waals surface area contributed by atoms with Crippen LogP contribution in [0.25, 0.3) is 98.0 Å². The Labute approximate surface area is 368 Å². The summed E-state index contributed by atoms with van der Waals surface area (Å²) in [6.07, 6.45) is 0. The van der Waals surface area contributed by atoms with Crippen molar-refractivity contribution in [1.29, 1.82) is 0 Å². The molecule has 0 aromatic heterocycles. The third-order valence-electron chi connectivity index (χ3n) is 12.2. The molecule has 0 unspecified atom stereocenters. The summed E-state index contributed by atoms with van der Waals surface area (Å²) in [6, 6.07) is 56.2. The van der Waals surface area contributed by atoms with Crippen LogP contribution in [0.4, 0.5) is 17.6 Å². The van der Waals surface area contributed by atoms with Gasteiger partial charge in [0.2, 0.25) is 17.4 Å². The van der Waals surface area contributed by atoms with Crippen LogP contribution >= 0.6 is 0 Å². The van der Waals surface area contributed by atoms with Crippen molar-refractivity contribution >= 4 is 80.7 Å². The second-order valence-corrected chi connectivity index (χ2v) is 17.2. The van der Waals surface area contributed by atoms with Gasteiger partial charge in [-0.2, -0.15) is 8.78 Å². The minimum Gasteiger partial charge on any atom is -0.744 e. The minimum absolute atomic E-state index is 0.223. The van der Waals surface area contributed by atoms with E-state index in [2.05, 4.69) is 6.07 Å². The van der Waals surface area contributed by atoms with E-state index in [0.717, 1.165) is 70.2 Å². The number of carbonyl (C=O) groups excluding carboxylic acids is 1. The van der Waals surface area contributed by atoms with Gasteiger partial charge < -0.3 is 9.29 Å². The quantitative estimate of drug-likeness (QED) is 0.0415. The highest BCUT2D eigenvalue weighted by molar-refractivity contribution is 7.85. The largest absolute Gasteiger partial charge is 0.744 e. The summed E-state index contributed by atoms with van der Waals surface area (Å²) in [5.41, 5.74) is 2.71. The van der Waals surface area contributed by atoms with Crippen molar-refractivity contribution in [2.45, 2.75) is 4.90 Å². The van der Waals surface area contributed by atoms with Gasteiger partial charge >= 0.3 is 5.97 Å². The Morgan fingerprint density at radius 3 is 1.45 bits per heavy atom. The molecule has 11 aromatic carbocycles. The molecule has 314 valence electrons. The second kappa shape index (κ2) is 15.1. The van der Waals surface area contributed by atoms with Crippen molar-refractivity contribution in [2.75, 3.05) is 0 Å². The molecule has 0 N–H and O–H groups in total. The molecule has 0 saturated heterocycles. The van der Waals surface area contributed by atoms with E-state index in [9.17, 15) is 17.8 Å². The van der Waals surface area contributed by atoms with E-state index in [1.165, 1.54) is 0 Å². The molecule has 65 heavy (non-hydrogen) atoms. The molecule has 5 nitrogen and oxygen atoms in total. The van der Waals surface area contributed by atoms with Crippen molar-refractivity contribution in [2.24, 2.45) is 0 Å². The summed E-state index contributed by atoms with van der Waals surface area (Å²) >= 11 is 0. The highest BCUT2D eigenvalue weighted by Crippen LogP contribution is 2.44. The Morgan fingerprint density at radius 2 is 0.831 bits per heavy atom. The van der Waals surface area contributed by atoms with Crippen molar-refractivity contribution in [1.82, 2.24) is 0 Å². The fourth-order valence-corrected chi connectivity index (χ4v) is 9.78. The van der Waals surface area contributed by atoms with Crippen LogP contribution in [-0.2, 0) is 10.1 Å². The third kappa shape index (κ3) is 6.56. The summed E-state index contributed by atoms with van der Waals surface area (Å²) in [6.45, 7) is 0. The molecule has 0 aliphatic rings. The molecule has 0 bridgehead atoms. The van der Waals surface area contributed by atoms with Crippen molar-refractivity contribution < 1.29 is 40.1 Å². The van der Waals surface area contributed by atoms with E-state index in [4.69, 9.17) is 4.74 Å². The van der Waals surface area contributed by atoms with Crippen LogP contribution in [0.1, 0.15) is 10.4 Å². The van der Waals surface area contributed by atoms with Crippen LogP contribution in [0.2, 0.25) is 0 Å². The van der Waals surface area contributed by atoms with Crippen LogP contribution in [0.15, 0.2) is 181 Å². The highest BCUT2D eigenvalue weighted by atomic mass is 32.2. The summed E-state index contributed by atoms with van der Waals surface area (Å²) in [7, 11) is -6.04. The molecule has 0 heterocycles. The zero-order valence-electron chi connectivity index (χ0n) is 33.7. The highest BCUT2D eigenvalue weighted by Gasteiger charge is 2.33. The maximum Gasteiger partial charge on any atom is 0.345 e. The molecule has 0 atom stereocenters. The Hall–Kier alpha value is -7.92. The lowest BCUT2D eigenvalue weighted by Crippen LogP contribution is -2.17. The van der Waals surface area contributed by atoms with Gasteiger partial charge in [-0.25, -0.2) is 22.0 Å². The monoisotopic (exact) mass is 877 g/mol. The van der Waals surface area contributed by atoms with E-state index >= 15 is 17.6 Å². The number of benzene rings is 11. The zero-order chi connectivity index (χ0) is 44.7. The van der Waals surface area contributed by atoms with Crippen molar-refractivity contribution in [3.8, 4) is 39.1 Å². The lowest BCUT2D eigenvalue weighted by molar-refractivity contribution is 0.0718. The van der Waals surface area contributed by atoms with Crippen LogP contribution in [0.3, 0.4) is 0 Å². The maximum atomic E-state index is 15.7. The van der Waals surface area contributed by atoms with Crippen LogP contribution in [-0.4, -0.2) is 18.9 Å². The van der Waals surface area contributed by atoms with Gasteiger partial charge in [0, 0.05) is 0 Å². The van der Waals surface area contributed by atoms with Crippen molar-refractivity contribution in [3.05, 3.63) is 205 Å². The van der Waals surface area contributed by atoms with Gasteiger partial charge in [0.05, 0.1) is 5.56 Å². The molecule has 10 heteroatoms. The number of fused-ring (bicyclic) bond motifs is 9. The minimum atomic E-state index is -6.04. The number of rotatable bonds is 6. The molecular weight excluding hydrogens is 849 g/mol. The predicted octanol–water partition coefficient (Wildman–Crippen LogP) is 14.3. The number of carbonyl (C=O) groups is 1. The molecular formula is C55H29F4O5S-. The molecule has 0 aliphatic heterocycles. The normalized spacial score (nSPS) is 12.0. The summed E-state index contributed by atoms with van der Waals surface area (Å²) in [5.74, 6) is -13.1. The van der Waals surface area contributed by atoms with E-state index in [1.54, 1.807) is 18.2 Å². The van der Waals surface area contributed by atoms with E-state index in [0.29, 0.717) is 16.7 Å². The summed E-state index contributed by atoms with van der Waals surface area (Å²) in [4.78, 5) is 12.6. The van der Waals surface area contributed by atoms with Crippen molar-refractivity contribution in [3.63, 3.8) is 0 Å². The maximum absolute atomic E-state index is 15.7.